The van der Waals surface area contributed by atoms with Crippen molar-refractivity contribution in [1.29, 1.82) is 0 Å². The predicted molar refractivity (Wildman–Crippen MR) is 86.9 cm³/mol. The van der Waals surface area contributed by atoms with Crippen LogP contribution < -0.4 is 0 Å². The molecule has 0 radical (unpaired) electrons. The summed E-state index contributed by atoms with van der Waals surface area (Å²) < 4.78 is 12.6. The van der Waals surface area contributed by atoms with Crippen LogP contribution in [0.1, 0.15) is 79.1 Å². The molecule has 0 aromatic heterocycles. The highest BCUT2D eigenvalue weighted by atomic mass is 28.4. The van der Waals surface area contributed by atoms with Crippen LogP contribution in [0.5, 0.6) is 0 Å². The van der Waals surface area contributed by atoms with Gasteiger partial charge in [0.15, 0.2) is 0 Å². The maximum absolute atomic E-state index is 6.32. The molecule has 0 aliphatic rings. The second kappa shape index (κ2) is 10.9. The third-order valence-electron chi connectivity index (χ3n) is 3.57. The Morgan fingerprint density at radius 3 is 1.37 bits per heavy atom. The van der Waals surface area contributed by atoms with E-state index in [1.807, 2.05) is 0 Å². The van der Waals surface area contributed by atoms with Crippen LogP contribution in [0.3, 0.4) is 0 Å². The minimum atomic E-state index is -1.97. The normalized spacial score (nSPS) is 15.5. The number of hydrogen-bond acceptors (Lipinski definition) is 2. The predicted octanol–water partition coefficient (Wildman–Crippen LogP) is 5.66. The van der Waals surface area contributed by atoms with Gasteiger partial charge in [-0.05, 0) is 38.8 Å². The lowest BCUT2D eigenvalue weighted by atomic mass is 10.1. The molecule has 3 heteroatoms. The van der Waals surface area contributed by atoms with E-state index in [0.717, 1.165) is 12.8 Å². The summed E-state index contributed by atoms with van der Waals surface area (Å²) in [6.45, 7) is 13.3. The fourth-order valence-electron chi connectivity index (χ4n) is 2.39. The second-order valence-electron chi connectivity index (χ2n) is 5.98. The van der Waals surface area contributed by atoms with Gasteiger partial charge >= 0.3 is 8.56 Å². The molecule has 0 saturated carbocycles. The smallest absolute Gasteiger partial charge is 0.332 e. The van der Waals surface area contributed by atoms with Gasteiger partial charge in [0.1, 0.15) is 0 Å². The fourth-order valence-corrected chi connectivity index (χ4v) is 4.62. The van der Waals surface area contributed by atoms with Crippen LogP contribution in [0.25, 0.3) is 0 Å². The van der Waals surface area contributed by atoms with Crippen LogP contribution in [0.4, 0.5) is 0 Å². The van der Waals surface area contributed by atoms with E-state index in [9.17, 15) is 0 Å². The molecule has 0 rings (SSSR count). The van der Waals surface area contributed by atoms with Crippen LogP contribution in [-0.4, -0.2) is 20.8 Å². The summed E-state index contributed by atoms with van der Waals surface area (Å²) in [5.74, 6) is 0. The highest BCUT2D eigenvalue weighted by molar-refractivity contribution is 6.64. The summed E-state index contributed by atoms with van der Waals surface area (Å²) >= 11 is 0. The SMILES string of the molecule is CCCCC(CC)O[Si](C)(C)OC(CC)CCCC. The Hall–Kier alpha value is 0.137. The molecule has 116 valence electrons. The summed E-state index contributed by atoms with van der Waals surface area (Å²) in [7, 11) is -1.97. The Morgan fingerprint density at radius 1 is 0.737 bits per heavy atom. The van der Waals surface area contributed by atoms with Crippen molar-refractivity contribution in [3.63, 3.8) is 0 Å². The zero-order valence-electron chi connectivity index (χ0n) is 14.1. The first-order valence-corrected chi connectivity index (χ1v) is 11.2. The highest BCUT2D eigenvalue weighted by Crippen LogP contribution is 2.21. The molecule has 0 amide bonds. The Labute approximate surface area is 122 Å². The molecule has 0 aliphatic heterocycles. The monoisotopic (exact) mass is 288 g/mol. The van der Waals surface area contributed by atoms with Crippen molar-refractivity contribution in [1.82, 2.24) is 0 Å². The van der Waals surface area contributed by atoms with Gasteiger partial charge in [0.05, 0.1) is 0 Å². The Balaban J connectivity index is 4.24. The van der Waals surface area contributed by atoms with Crippen molar-refractivity contribution in [3.05, 3.63) is 0 Å². The minimum Gasteiger partial charge on any atom is -0.391 e. The fraction of sp³-hybridized carbons (Fsp3) is 1.00. The summed E-state index contributed by atoms with van der Waals surface area (Å²) in [4.78, 5) is 0. The lowest BCUT2D eigenvalue weighted by Crippen LogP contribution is -2.42. The maximum Gasteiger partial charge on any atom is 0.332 e. The molecule has 0 fully saturated rings. The van der Waals surface area contributed by atoms with Crippen LogP contribution in [-0.2, 0) is 8.85 Å². The van der Waals surface area contributed by atoms with Gasteiger partial charge in [0.2, 0.25) is 0 Å². The topological polar surface area (TPSA) is 18.5 Å². The average molecular weight is 289 g/mol. The lowest BCUT2D eigenvalue weighted by Gasteiger charge is -2.32. The van der Waals surface area contributed by atoms with Gasteiger partial charge in [-0.25, -0.2) is 0 Å². The van der Waals surface area contributed by atoms with Crippen molar-refractivity contribution in [2.45, 2.75) is 104 Å². The molecule has 2 nitrogen and oxygen atoms in total. The Bertz CT molecular complexity index is 187. The van der Waals surface area contributed by atoms with Gasteiger partial charge in [-0.3, -0.25) is 0 Å². The van der Waals surface area contributed by atoms with Gasteiger partial charge < -0.3 is 8.85 Å². The van der Waals surface area contributed by atoms with Crippen molar-refractivity contribution >= 4 is 8.56 Å². The first-order chi connectivity index (χ1) is 8.99. The van der Waals surface area contributed by atoms with Gasteiger partial charge in [-0.2, -0.15) is 0 Å². The van der Waals surface area contributed by atoms with Crippen molar-refractivity contribution < 1.29 is 8.85 Å². The van der Waals surface area contributed by atoms with E-state index in [1.54, 1.807) is 0 Å². The Morgan fingerprint density at radius 2 is 1.11 bits per heavy atom. The van der Waals surface area contributed by atoms with E-state index >= 15 is 0 Å². The molecule has 0 saturated heterocycles. The first kappa shape index (κ1) is 19.1. The van der Waals surface area contributed by atoms with Crippen LogP contribution in [0.15, 0.2) is 0 Å². The highest BCUT2D eigenvalue weighted by Gasteiger charge is 2.30. The van der Waals surface area contributed by atoms with Crippen LogP contribution in [0, 0.1) is 0 Å². The van der Waals surface area contributed by atoms with Crippen LogP contribution in [0.2, 0.25) is 13.1 Å². The quantitative estimate of drug-likeness (QED) is 0.431. The van der Waals surface area contributed by atoms with E-state index in [4.69, 9.17) is 8.85 Å². The lowest BCUT2D eigenvalue weighted by molar-refractivity contribution is 0.0718. The summed E-state index contributed by atoms with van der Waals surface area (Å²) in [6, 6.07) is 0. The van der Waals surface area contributed by atoms with E-state index in [1.165, 1.54) is 38.5 Å². The number of rotatable bonds is 12. The van der Waals surface area contributed by atoms with E-state index in [2.05, 4.69) is 40.8 Å². The number of hydrogen-bond donors (Lipinski definition) is 0. The molecular formula is C16H36O2Si. The van der Waals surface area contributed by atoms with E-state index in [-0.39, 0.29) is 0 Å². The average Bonchev–Trinajstić information content (AvgIpc) is 2.39. The molecule has 2 atom stereocenters. The van der Waals surface area contributed by atoms with Gasteiger partial charge in [0, 0.05) is 12.2 Å². The van der Waals surface area contributed by atoms with E-state index < -0.39 is 8.56 Å². The summed E-state index contributed by atoms with van der Waals surface area (Å²) in [5, 5.41) is 0. The summed E-state index contributed by atoms with van der Waals surface area (Å²) in [6.07, 6.45) is 10.4. The molecule has 0 aromatic rings. The maximum atomic E-state index is 6.32. The molecule has 0 bridgehead atoms. The summed E-state index contributed by atoms with van der Waals surface area (Å²) in [5.41, 5.74) is 0. The first-order valence-electron chi connectivity index (χ1n) is 8.34. The van der Waals surface area contributed by atoms with Crippen molar-refractivity contribution in [3.8, 4) is 0 Å². The third kappa shape index (κ3) is 9.64. The minimum absolute atomic E-state index is 0.394. The molecule has 0 aromatic carbocycles. The molecule has 0 spiro atoms. The zero-order chi connectivity index (χ0) is 14.7. The van der Waals surface area contributed by atoms with Gasteiger partial charge in [-0.1, -0.05) is 53.4 Å². The molecule has 0 aliphatic carbocycles. The van der Waals surface area contributed by atoms with Gasteiger partial charge in [-0.15, -0.1) is 0 Å². The standard InChI is InChI=1S/C16H36O2Si/c1-7-11-13-15(9-3)17-19(5,6)18-16(10-4)14-12-8-2/h15-16H,7-14H2,1-6H3. The zero-order valence-corrected chi connectivity index (χ0v) is 15.1. The second-order valence-corrected chi connectivity index (χ2v) is 9.25. The molecule has 19 heavy (non-hydrogen) atoms. The van der Waals surface area contributed by atoms with Crippen molar-refractivity contribution in [2.24, 2.45) is 0 Å². The number of unbranched alkanes of at least 4 members (excludes halogenated alkanes) is 2. The molecule has 0 N–H and O–H groups in total. The largest absolute Gasteiger partial charge is 0.391 e. The van der Waals surface area contributed by atoms with E-state index in [0.29, 0.717) is 12.2 Å². The molecule has 0 heterocycles. The molecular weight excluding hydrogens is 252 g/mol. The van der Waals surface area contributed by atoms with Crippen LogP contribution >= 0.6 is 0 Å². The van der Waals surface area contributed by atoms with Gasteiger partial charge in [0.25, 0.3) is 0 Å². The third-order valence-corrected chi connectivity index (χ3v) is 5.37. The van der Waals surface area contributed by atoms with Crippen molar-refractivity contribution in [2.75, 3.05) is 0 Å². The molecule has 2 unspecified atom stereocenters. The Kier molecular flexibility index (Phi) is 10.9.